The first-order valence-corrected chi connectivity index (χ1v) is 7.01. The highest BCUT2D eigenvalue weighted by Crippen LogP contribution is 2.37. The third kappa shape index (κ3) is 2.43. The Labute approximate surface area is 118 Å². The van der Waals surface area contributed by atoms with Crippen LogP contribution >= 0.6 is 11.6 Å². The Balaban J connectivity index is 1.91. The van der Waals surface area contributed by atoms with Crippen LogP contribution in [-0.4, -0.2) is 6.29 Å². The van der Waals surface area contributed by atoms with Crippen LogP contribution in [0.15, 0.2) is 42.5 Å². The molecule has 2 aromatic carbocycles. The molecule has 0 saturated heterocycles. The van der Waals surface area contributed by atoms with E-state index in [0.29, 0.717) is 10.6 Å². The summed E-state index contributed by atoms with van der Waals surface area (Å²) in [4.78, 5) is 10.9. The maximum absolute atomic E-state index is 10.9. The first-order valence-electron chi connectivity index (χ1n) is 6.63. The summed E-state index contributed by atoms with van der Waals surface area (Å²) in [5, 5.41) is 0.504. The molecule has 0 N–H and O–H groups in total. The number of halogens is 1. The van der Waals surface area contributed by atoms with Crippen LogP contribution in [0.5, 0.6) is 0 Å². The normalized spacial score (nSPS) is 15.0. The Morgan fingerprint density at radius 3 is 2.26 bits per heavy atom. The van der Waals surface area contributed by atoms with Gasteiger partial charge >= 0.3 is 0 Å². The van der Waals surface area contributed by atoms with E-state index in [2.05, 4.69) is 24.3 Å². The fourth-order valence-electron chi connectivity index (χ4n) is 2.50. The zero-order chi connectivity index (χ0) is 13.2. The molecule has 0 bridgehead atoms. The Morgan fingerprint density at radius 2 is 1.68 bits per heavy atom. The van der Waals surface area contributed by atoms with Gasteiger partial charge in [-0.1, -0.05) is 48.4 Å². The summed E-state index contributed by atoms with van der Waals surface area (Å²) in [5.41, 5.74) is 4.14. The van der Waals surface area contributed by atoms with Crippen molar-refractivity contribution in [2.24, 2.45) is 0 Å². The van der Waals surface area contributed by atoms with Crippen molar-refractivity contribution in [2.45, 2.75) is 25.2 Å². The van der Waals surface area contributed by atoms with Crippen molar-refractivity contribution in [3.63, 3.8) is 0 Å². The largest absolute Gasteiger partial charge is 0.298 e. The average molecular weight is 271 g/mol. The van der Waals surface area contributed by atoms with Gasteiger partial charge in [0.15, 0.2) is 6.29 Å². The van der Waals surface area contributed by atoms with Crippen molar-refractivity contribution in [1.82, 2.24) is 0 Å². The summed E-state index contributed by atoms with van der Waals surface area (Å²) in [6.45, 7) is 0. The highest BCUT2D eigenvalue weighted by atomic mass is 35.5. The van der Waals surface area contributed by atoms with E-state index in [9.17, 15) is 4.79 Å². The standard InChI is InChI=1S/C17H15ClO/c18-17-9-8-15(10-16(17)11-19)14-6-4-13(5-7-14)12-2-1-3-12/h4-12H,1-3H2. The van der Waals surface area contributed by atoms with Crippen LogP contribution in [-0.2, 0) is 0 Å². The fraction of sp³-hybridized carbons (Fsp3) is 0.235. The molecule has 0 aliphatic heterocycles. The van der Waals surface area contributed by atoms with Gasteiger partial charge in [0, 0.05) is 5.56 Å². The monoisotopic (exact) mass is 270 g/mol. The number of carbonyl (C=O) groups excluding carboxylic acids is 1. The lowest BCUT2D eigenvalue weighted by atomic mass is 9.80. The van der Waals surface area contributed by atoms with Crippen LogP contribution in [0.25, 0.3) is 11.1 Å². The molecule has 1 fully saturated rings. The van der Waals surface area contributed by atoms with Crippen LogP contribution in [0.4, 0.5) is 0 Å². The highest BCUT2D eigenvalue weighted by Gasteiger charge is 2.18. The Hall–Kier alpha value is -1.60. The number of hydrogen-bond donors (Lipinski definition) is 0. The number of aldehydes is 1. The lowest BCUT2D eigenvalue weighted by Gasteiger charge is -2.25. The molecule has 1 saturated carbocycles. The lowest BCUT2D eigenvalue weighted by molar-refractivity contribution is 0.112. The summed E-state index contributed by atoms with van der Waals surface area (Å²) in [7, 11) is 0. The predicted octanol–water partition coefficient (Wildman–Crippen LogP) is 5.09. The molecule has 1 aliphatic carbocycles. The van der Waals surface area contributed by atoms with Gasteiger partial charge in [-0.3, -0.25) is 4.79 Å². The van der Waals surface area contributed by atoms with Crippen molar-refractivity contribution < 1.29 is 4.79 Å². The van der Waals surface area contributed by atoms with E-state index >= 15 is 0 Å². The third-order valence-corrected chi connectivity index (χ3v) is 4.29. The molecular weight excluding hydrogens is 256 g/mol. The molecule has 0 heterocycles. The zero-order valence-corrected chi connectivity index (χ0v) is 11.4. The minimum Gasteiger partial charge on any atom is -0.298 e. The number of hydrogen-bond acceptors (Lipinski definition) is 1. The molecule has 0 unspecified atom stereocenters. The van der Waals surface area contributed by atoms with Gasteiger partial charge in [-0.2, -0.15) is 0 Å². The number of carbonyl (C=O) groups is 1. The second kappa shape index (κ2) is 5.18. The molecule has 0 amide bonds. The van der Waals surface area contributed by atoms with Gasteiger partial charge in [0.1, 0.15) is 0 Å². The molecule has 0 atom stereocenters. The van der Waals surface area contributed by atoms with Crippen LogP contribution < -0.4 is 0 Å². The molecule has 1 aliphatic rings. The smallest absolute Gasteiger partial charge is 0.151 e. The van der Waals surface area contributed by atoms with E-state index in [1.165, 1.54) is 24.8 Å². The van der Waals surface area contributed by atoms with Crippen LogP contribution in [0.3, 0.4) is 0 Å². The summed E-state index contributed by atoms with van der Waals surface area (Å²) in [6.07, 6.45) is 4.78. The minimum absolute atomic E-state index is 0.504. The van der Waals surface area contributed by atoms with Gasteiger partial charge < -0.3 is 0 Å². The number of rotatable bonds is 3. The average Bonchev–Trinajstić information content (AvgIpc) is 2.38. The van der Waals surface area contributed by atoms with E-state index in [1.54, 1.807) is 6.07 Å². The topological polar surface area (TPSA) is 17.1 Å². The van der Waals surface area contributed by atoms with Crippen LogP contribution in [0.2, 0.25) is 5.02 Å². The van der Waals surface area contributed by atoms with Crippen LogP contribution in [0, 0.1) is 0 Å². The predicted molar refractivity (Wildman–Crippen MR) is 78.9 cm³/mol. The minimum atomic E-state index is 0.504. The molecule has 19 heavy (non-hydrogen) atoms. The Kier molecular flexibility index (Phi) is 3.39. The lowest BCUT2D eigenvalue weighted by Crippen LogP contribution is -2.08. The summed E-state index contributed by atoms with van der Waals surface area (Å²) < 4.78 is 0. The molecule has 2 aromatic rings. The van der Waals surface area contributed by atoms with E-state index < -0.39 is 0 Å². The van der Waals surface area contributed by atoms with Gasteiger partial charge in [0.05, 0.1) is 5.02 Å². The van der Waals surface area contributed by atoms with E-state index in [-0.39, 0.29) is 0 Å². The summed E-state index contributed by atoms with van der Waals surface area (Å²) in [6, 6.07) is 14.2. The van der Waals surface area contributed by atoms with Crippen molar-refractivity contribution in [1.29, 1.82) is 0 Å². The number of benzene rings is 2. The molecule has 2 heteroatoms. The van der Waals surface area contributed by atoms with E-state index in [4.69, 9.17) is 11.6 Å². The summed E-state index contributed by atoms with van der Waals surface area (Å²) >= 11 is 5.95. The van der Waals surface area contributed by atoms with E-state index in [0.717, 1.165) is 23.3 Å². The molecular formula is C17H15ClO. The molecule has 96 valence electrons. The van der Waals surface area contributed by atoms with Crippen LogP contribution in [0.1, 0.15) is 41.1 Å². The second-order valence-corrected chi connectivity index (χ2v) is 5.51. The molecule has 0 radical (unpaired) electrons. The molecule has 1 nitrogen and oxygen atoms in total. The Morgan fingerprint density at radius 1 is 1.00 bits per heavy atom. The van der Waals surface area contributed by atoms with Gasteiger partial charge in [-0.25, -0.2) is 0 Å². The first kappa shape index (κ1) is 12.4. The first-order chi connectivity index (χ1) is 9.28. The van der Waals surface area contributed by atoms with Gasteiger partial charge in [-0.05, 0) is 47.6 Å². The molecule has 0 aromatic heterocycles. The van der Waals surface area contributed by atoms with Crippen molar-refractivity contribution in [3.05, 3.63) is 58.6 Å². The van der Waals surface area contributed by atoms with Gasteiger partial charge in [-0.15, -0.1) is 0 Å². The van der Waals surface area contributed by atoms with Crippen molar-refractivity contribution in [2.75, 3.05) is 0 Å². The van der Waals surface area contributed by atoms with Gasteiger partial charge in [0.25, 0.3) is 0 Å². The summed E-state index contributed by atoms with van der Waals surface area (Å²) in [5.74, 6) is 0.754. The molecule has 0 spiro atoms. The third-order valence-electron chi connectivity index (χ3n) is 3.94. The van der Waals surface area contributed by atoms with Crippen molar-refractivity contribution >= 4 is 17.9 Å². The van der Waals surface area contributed by atoms with Crippen molar-refractivity contribution in [3.8, 4) is 11.1 Å². The maximum atomic E-state index is 10.9. The molecule has 3 rings (SSSR count). The maximum Gasteiger partial charge on any atom is 0.151 e. The quantitative estimate of drug-likeness (QED) is 0.710. The highest BCUT2D eigenvalue weighted by molar-refractivity contribution is 6.33. The fourth-order valence-corrected chi connectivity index (χ4v) is 2.67. The second-order valence-electron chi connectivity index (χ2n) is 5.10. The SMILES string of the molecule is O=Cc1cc(-c2ccc(C3CCC3)cc2)ccc1Cl. The van der Waals surface area contributed by atoms with Gasteiger partial charge in [0.2, 0.25) is 0 Å². The zero-order valence-electron chi connectivity index (χ0n) is 10.6. The Bertz CT molecular complexity index is 597. The van der Waals surface area contributed by atoms with E-state index in [1.807, 2.05) is 12.1 Å².